The van der Waals surface area contributed by atoms with Gasteiger partial charge in [-0.05, 0) is 104 Å². The van der Waals surface area contributed by atoms with Crippen molar-refractivity contribution in [3.05, 3.63) is 176 Å². The van der Waals surface area contributed by atoms with Gasteiger partial charge in [-0.3, -0.25) is 0 Å². The number of nitrogens with zero attached hydrogens (tertiary/aromatic N) is 1. The van der Waals surface area contributed by atoms with Gasteiger partial charge in [0.05, 0.1) is 5.69 Å². The molecule has 0 spiro atoms. The lowest BCUT2D eigenvalue weighted by Crippen LogP contribution is -2.10. The largest absolute Gasteiger partial charge is 0.310 e. The van der Waals surface area contributed by atoms with Crippen LogP contribution in [-0.2, 0) is 0 Å². The number of benzene rings is 8. The molecule has 0 fully saturated rings. The molecule has 2 heteroatoms. The number of para-hydroxylation sites is 1. The van der Waals surface area contributed by atoms with E-state index in [-0.39, 0.29) is 0 Å². The van der Waals surface area contributed by atoms with Gasteiger partial charge in [0.2, 0.25) is 0 Å². The average Bonchev–Trinajstić information content (AvgIpc) is 3.51. The van der Waals surface area contributed by atoms with Crippen LogP contribution in [0.2, 0.25) is 0 Å². The van der Waals surface area contributed by atoms with Crippen LogP contribution in [-0.4, -0.2) is 0 Å². The molecule has 0 amide bonds. The fourth-order valence-corrected chi connectivity index (χ4v) is 7.85. The first-order valence-electron chi connectivity index (χ1n) is 15.7. The highest BCUT2D eigenvalue weighted by Gasteiger charge is 2.18. The lowest BCUT2D eigenvalue weighted by Gasteiger charge is -2.26. The number of fused-ring (bicyclic) bond motifs is 5. The van der Waals surface area contributed by atoms with Gasteiger partial charge in [-0.2, -0.15) is 0 Å². The van der Waals surface area contributed by atoms with E-state index < -0.39 is 0 Å². The predicted molar refractivity (Wildman–Crippen MR) is 200 cm³/mol. The summed E-state index contributed by atoms with van der Waals surface area (Å²) < 4.78 is 2.62. The first-order chi connectivity index (χ1) is 22.8. The van der Waals surface area contributed by atoms with E-state index in [1.165, 1.54) is 69.7 Å². The molecule has 0 aliphatic rings. The van der Waals surface area contributed by atoms with Crippen molar-refractivity contribution in [1.82, 2.24) is 0 Å². The van der Waals surface area contributed by atoms with E-state index in [4.69, 9.17) is 0 Å². The van der Waals surface area contributed by atoms with Gasteiger partial charge in [0, 0.05) is 31.5 Å². The third-order valence-corrected chi connectivity index (χ3v) is 10.2. The molecular weight excluding hydrogens is 575 g/mol. The van der Waals surface area contributed by atoms with E-state index >= 15 is 0 Å². The van der Waals surface area contributed by atoms with Gasteiger partial charge < -0.3 is 4.90 Å². The molecule has 0 aliphatic carbocycles. The fourth-order valence-electron chi connectivity index (χ4n) is 6.72. The summed E-state index contributed by atoms with van der Waals surface area (Å²) in [6, 6.07) is 64.0. The molecule has 0 unspecified atom stereocenters. The quantitative estimate of drug-likeness (QED) is 0.189. The summed E-state index contributed by atoms with van der Waals surface area (Å²) in [4.78, 5) is 2.39. The Morgan fingerprint density at radius 3 is 1.61 bits per heavy atom. The van der Waals surface area contributed by atoms with Crippen LogP contribution in [0.3, 0.4) is 0 Å². The second kappa shape index (κ2) is 11.0. The summed E-state index contributed by atoms with van der Waals surface area (Å²) in [6.07, 6.45) is 0. The third-order valence-electron chi connectivity index (χ3n) is 9.02. The Morgan fingerprint density at radius 2 is 0.870 bits per heavy atom. The molecule has 46 heavy (non-hydrogen) atoms. The molecule has 1 nitrogen and oxygen atoms in total. The average molecular weight is 604 g/mol. The van der Waals surface area contributed by atoms with Crippen LogP contribution < -0.4 is 4.90 Å². The molecule has 0 saturated carbocycles. The third kappa shape index (κ3) is 4.63. The summed E-state index contributed by atoms with van der Waals surface area (Å²) in [6.45, 7) is 0. The van der Waals surface area contributed by atoms with Gasteiger partial charge in [-0.15, -0.1) is 11.3 Å². The Bertz CT molecular complexity index is 2530. The summed E-state index contributed by atoms with van der Waals surface area (Å²) in [5.74, 6) is 0. The van der Waals surface area contributed by atoms with Crippen molar-refractivity contribution in [3.63, 3.8) is 0 Å². The van der Waals surface area contributed by atoms with Crippen LogP contribution in [0.25, 0.3) is 64.0 Å². The normalized spacial score (nSPS) is 11.5. The summed E-state index contributed by atoms with van der Waals surface area (Å²) >= 11 is 1.86. The van der Waals surface area contributed by atoms with Crippen LogP contribution in [0.5, 0.6) is 0 Å². The molecule has 0 N–H and O–H groups in total. The molecule has 1 heterocycles. The van der Waals surface area contributed by atoms with Crippen molar-refractivity contribution in [2.45, 2.75) is 0 Å². The van der Waals surface area contributed by atoms with Gasteiger partial charge in [0.15, 0.2) is 0 Å². The van der Waals surface area contributed by atoms with Crippen LogP contribution in [0.1, 0.15) is 0 Å². The Kier molecular flexibility index (Phi) is 6.40. The van der Waals surface area contributed by atoms with Crippen LogP contribution >= 0.6 is 11.3 Å². The summed E-state index contributed by atoms with van der Waals surface area (Å²) in [7, 11) is 0. The smallest absolute Gasteiger partial charge is 0.0554 e. The zero-order valence-corrected chi connectivity index (χ0v) is 25.9. The minimum Gasteiger partial charge on any atom is -0.310 e. The number of hydrogen-bond acceptors (Lipinski definition) is 2. The lowest BCUT2D eigenvalue weighted by molar-refractivity contribution is 1.30. The molecule has 1 aromatic heterocycles. The molecule has 9 aromatic rings. The van der Waals surface area contributed by atoms with Crippen molar-refractivity contribution in [3.8, 4) is 22.3 Å². The minimum atomic E-state index is 1.14. The highest BCUT2D eigenvalue weighted by atomic mass is 32.1. The van der Waals surface area contributed by atoms with Gasteiger partial charge >= 0.3 is 0 Å². The van der Waals surface area contributed by atoms with Crippen molar-refractivity contribution >= 4 is 70.1 Å². The zero-order chi connectivity index (χ0) is 30.5. The van der Waals surface area contributed by atoms with Crippen molar-refractivity contribution < 1.29 is 0 Å². The maximum atomic E-state index is 2.39. The van der Waals surface area contributed by atoms with E-state index in [1.807, 2.05) is 11.3 Å². The van der Waals surface area contributed by atoms with E-state index in [2.05, 4.69) is 181 Å². The topological polar surface area (TPSA) is 3.24 Å². The van der Waals surface area contributed by atoms with Crippen LogP contribution in [0, 0.1) is 0 Å². The molecular formula is C44H29NS. The molecule has 216 valence electrons. The molecule has 0 saturated heterocycles. The molecule has 8 aromatic carbocycles. The zero-order valence-electron chi connectivity index (χ0n) is 25.1. The molecule has 0 bridgehead atoms. The monoisotopic (exact) mass is 603 g/mol. The number of thiophene rings is 1. The first-order valence-corrected chi connectivity index (χ1v) is 16.5. The molecule has 9 rings (SSSR count). The Morgan fingerprint density at radius 1 is 0.348 bits per heavy atom. The minimum absolute atomic E-state index is 1.14. The summed E-state index contributed by atoms with van der Waals surface area (Å²) in [5, 5.41) is 7.63. The second-order valence-electron chi connectivity index (χ2n) is 11.8. The van der Waals surface area contributed by atoms with Crippen molar-refractivity contribution in [1.29, 1.82) is 0 Å². The van der Waals surface area contributed by atoms with Gasteiger partial charge in [0.1, 0.15) is 0 Å². The van der Waals surface area contributed by atoms with Crippen molar-refractivity contribution in [2.24, 2.45) is 0 Å². The van der Waals surface area contributed by atoms with Crippen LogP contribution in [0.15, 0.2) is 176 Å². The highest BCUT2D eigenvalue weighted by Crippen LogP contribution is 2.45. The number of anilines is 3. The SMILES string of the molecule is c1ccc(N(c2ccc(-c3ccc4cc(-c5ccc6ccccc6c5)ccc4c3)cc2)c2cccc3sc4ccccc4c23)cc1. The lowest BCUT2D eigenvalue weighted by atomic mass is 9.96. The van der Waals surface area contributed by atoms with Crippen molar-refractivity contribution in [2.75, 3.05) is 4.90 Å². The van der Waals surface area contributed by atoms with E-state index in [1.54, 1.807) is 0 Å². The van der Waals surface area contributed by atoms with E-state index in [0.29, 0.717) is 0 Å². The van der Waals surface area contributed by atoms with E-state index in [0.717, 1.165) is 11.4 Å². The molecule has 0 radical (unpaired) electrons. The number of rotatable bonds is 5. The Labute approximate surface area is 272 Å². The second-order valence-corrected chi connectivity index (χ2v) is 12.9. The number of hydrogen-bond donors (Lipinski definition) is 0. The first kappa shape index (κ1) is 26.7. The van der Waals surface area contributed by atoms with Gasteiger partial charge in [-0.25, -0.2) is 0 Å². The fraction of sp³-hybridized carbons (Fsp3) is 0. The maximum absolute atomic E-state index is 2.39. The van der Waals surface area contributed by atoms with Gasteiger partial charge in [0.25, 0.3) is 0 Å². The Hall–Kier alpha value is -5.70. The highest BCUT2D eigenvalue weighted by molar-refractivity contribution is 7.26. The maximum Gasteiger partial charge on any atom is 0.0554 e. The van der Waals surface area contributed by atoms with Gasteiger partial charge in [-0.1, -0.05) is 115 Å². The molecule has 0 atom stereocenters. The summed E-state index contributed by atoms with van der Waals surface area (Å²) in [5.41, 5.74) is 8.39. The van der Waals surface area contributed by atoms with Crippen LogP contribution in [0.4, 0.5) is 17.1 Å². The standard InChI is InChI=1S/C44H29NS/c1-2-11-38(12-3-1)45(41-14-8-16-43-44(41)40-13-6-7-15-42(40)46-43)39-25-23-31(24-26-39)33-19-20-36-29-37(22-21-35(36)28-33)34-18-17-30-9-4-5-10-32(30)27-34/h1-29H. The van der Waals surface area contributed by atoms with E-state index in [9.17, 15) is 0 Å². The molecule has 0 aliphatic heterocycles. The Balaban J connectivity index is 1.09. The predicted octanol–water partition coefficient (Wildman–Crippen LogP) is 13.2.